The zero-order valence-electron chi connectivity index (χ0n) is 17.1. The summed E-state index contributed by atoms with van der Waals surface area (Å²) in [6.07, 6.45) is 1.93. The molecule has 0 saturated carbocycles. The predicted molar refractivity (Wildman–Crippen MR) is 121 cm³/mol. The lowest BCUT2D eigenvalue weighted by Crippen LogP contribution is -1.98. The number of esters is 1. The summed E-state index contributed by atoms with van der Waals surface area (Å²) >= 11 is 3.44. The Balaban J connectivity index is 1.94. The van der Waals surface area contributed by atoms with Gasteiger partial charge in [0.05, 0.1) is 12.7 Å². The number of cyclic esters (lactones) is 1. The van der Waals surface area contributed by atoms with Gasteiger partial charge in [-0.25, -0.2) is 4.79 Å². The molecule has 3 nitrogen and oxygen atoms in total. The molecule has 2 aromatic heterocycles. The Morgan fingerprint density at radius 2 is 1.41 bits per heavy atom. The first-order chi connectivity index (χ1) is 13.9. The molecule has 0 bridgehead atoms. The topological polar surface area (TPSA) is 35.5 Å². The van der Waals surface area contributed by atoms with Crippen molar-refractivity contribution in [1.29, 1.82) is 0 Å². The van der Waals surface area contributed by atoms with Gasteiger partial charge >= 0.3 is 5.97 Å². The van der Waals surface area contributed by atoms with E-state index in [0.29, 0.717) is 11.3 Å². The summed E-state index contributed by atoms with van der Waals surface area (Å²) in [7, 11) is 1.65. The summed E-state index contributed by atoms with van der Waals surface area (Å²) in [5.41, 5.74) is 4.53. The van der Waals surface area contributed by atoms with Crippen LogP contribution >= 0.6 is 22.7 Å². The molecule has 0 atom stereocenters. The summed E-state index contributed by atoms with van der Waals surface area (Å²) < 4.78 is 11.1. The highest BCUT2D eigenvalue weighted by Gasteiger charge is 2.34. The fourth-order valence-corrected chi connectivity index (χ4v) is 5.51. The van der Waals surface area contributed by atoms with Crippen molar-refractivity contribution >= 4 is 45.9 Å². The van der Waals surface area contributed by atoms with Crippen LogP contribution in [0.1, 0.15) is 36.2 Å². The first kappa shape index (κ1) is 19.7. The fraction of sp³-hybridized carbons (Fsp3) is 0.208. The molecule has 1 aliphatic rings. The van der Waals surface area contributed by atoms with Crippen LogP contribution in [-0.2, 0) is 9.53 Å². The Morgan fingerprint density at radius 3 is 1.90 bits per heavy atom. The first-order valence-corrected chi connectivity index (χ1v) is 11.0. The van der Waals surface area contributed by atoms with Crippen LogP contribution in [0.25, 0.3) is 17.2 Å². The van der Waals surface area contributed by atoms with E-state index in [1.807, 2.05) is 30.3 Å². The van der Waals surface area contributed by atoms with E-state index in [1.165, 1.54) is 14.6 Å². The smallest absolute Gasteiger partial charge is 0.344 e. The molecular weight excluding hydrogens is 400 g/mol. The van der Waals surface area contributed by atoms with Gasteiger partial charge < -0.3 is 9.47 Å². The van der Waals surface area contributed by atoms with E-state index in [4.69, 9.17) is 9.47 Å². The minimum Gasteiger partial charge on any atom is -0.497 e. The van der Waals surface area contributed by atoms with Crippen molar-refractivity contribution in [3.63, 3.8) is 0 Å². The van der Waals surface area contributed by atoms with Gasteiger partial charge in [-0.2, -0.15) is 0 Å². The monoisotopic (exact) mass is 422 g/mol. The second-order valence-corrected chi connectivity index (χ2v) is 10.00. The van der Waals surface area contributed by atoms with Crippen LogP contribution in [0.3, 0.4) is 0 Å². The summed E-state index contributed by atoms with van der Waals surface area (Å²) in [5.74, 6) is 1.10. The molecule has 148 valence electrons. The molecular formula is C24H22O3S2. The quantitative estimate of drug-likeness (QED) is 0.447. The third-order valence-corrected chi connectivity index (χ3v) is 6.87. The molecule has 0 spiro atoms. The number of hydrogen-bond acceptors (Lipinski definition) is 5. The van der Waals surface area contributed by atoms with Gasteiger partial charge in [0, 0.05) is 36.2 Å². The minimum absolute atomic E-state index is 0.288. The third-order valence-electron chi connectivity index (χ3n) is 4.94. The average Bonchev–Trinajstić information content (AvgIpc) is 3.29. The third kappa shape index (κ3) is 3.68. The van der Waals surface area contributed by atoms with Gasteiger partial charge in [0.1, 0.15) is 11.5 Å². The van der Waals surface area contributed by atoms with E-state index in [9.17, 15) is 4.79 Å². The van der Waals surface area contributed by atoms with Crippen LogP contribution in [0.5, 0.6) is 5.75 Å². The summed E-state index contributed by atoms with van der Waals surface area (Å²) in [6.45, 7) is 8.31. The SMILES string of the molecule is COc1ccc(C=C2OC(=O)C(c3cc(C)sc3C)=C2c2cc(C)sc2C)cc1. The average molecular weight is 423 g/mol. The molecule has 29 heavy (non-hydrogen) atoms. The van der Waals surface area contributed by atoms with Crippen molar-refractivity contribution in [2.24, 2.45) is 0 Å². The predicted octanol–water partition coefficient (Wildman–Crippen LogP) is 6.56. The normalized spacial score (nSPS) is 15.3. The van der Waals surface area contributed by atoms with Crippen LogP contribution in [-0.4, -0.2) is 13.1 Å². The van der Waals surface area contributed by atoms with Crippen molar-refractivity contribution in [2.75, 3.05) is 7.11 Å². The van der Waals surface area contributed by atoms with Crippen LogP contribution in [0.4, 0.5) is 0 Å². The van der Waals surface area contributed by atoms with E-state index in [1.54, 1.807) is 29.8 Å². The maximum absolute atomic E-state index is 13.0. The lowest BCUT2D eigenvalue weighted by molar-refractivity contribution is -0.131. The number of allylic oxidation sites excluding steroid dienone is 1. The van der Waals surface area contributed by atoms with Crippen molar-refractivity contribution in [2.45, 2.75) is 27.7 Å². The van der Waals surface area contributed by atoms with Crippen LogP contribution in [0, 0.1) is 27.7 Å². The number of ether oxygens (including phenoxy) is 2. The minimum atomic E-state index is -0.288. The number of carbonyl (C=O) groups is 1. The van der Waals surface area contributed by atoms with Crippen LogP contribution < -0.4 is 4.74 Å². The zero-order chi connectivity index (χ0) is 20.7. The van der Waals surface area contributed by atoms with Gasteiger partial charge in [0.25, 0.3) is 0 Å². The number of hydrogen-bond donors (Lipinski definition) is 0. The molecule has 0 saturated heterocycles. The van der Waals surface area contributed by atoms with Crippen molar-refractivity contribution in [3.8, 4) is 5.75 Å². The molecule has 0 amide bonds. The Hall–Kier alpha value is -2.63. The Kier molecular flexibility index (Phi) is 5.19. The van der Waals surface area contributed by atoms with Gasteiger partial charge in [-0.15, -0.1) is 22.7 Å². The number of aryl methyl sites for hydroxylation is 4. The molecule has 0 fully saturated rings. The van der Waals surface area contributed by atoms with Gasteiger partial charge in [0.2, 0.25) is 0 Å². The Labute approximate surface area is 178 Å². The van der Waals surface area contributed by atoms with Crippen molar-refractivity contribution in [1.82, 2.24) is 0 Å². The molecule has 0 aliphatic carbocycles. The van der Waals surface area contributed by atoms with E-state index >= 15 is 0 Å². The number of benzene rings is 1. The highest BCUT2D eigenvalue weighted by Crippen LogP contribution is 2.45. The van der Waals surface area contributed by atoms with Gasteiger partial charge in [0.15, 0.2) is 0 Å². The summed E-state index contributed by atoms with van der Waals surface area (Å²) in [5, 5.41) is 0. The molecule has 0 N–H and O–H groups in total. The van der Waals surface area contributed by atoms with Crippen molar-refractivity contribution < 1.29 is 14.3 Å². The summed E-state index contributed by atoms with van der Waals surface area (Å²) in [6, 6.07) is 12.0. The summed E-state index contributed by atoms with van der Waals surface area (Å²) in [4.78, 5) is 17.7. The maximum Gasteiger partial charge on any atom is 0.344 e. The standard InChI is InChI=1S/C24H22O3S2/c1-13-10-19(15(3)28-13)22-21(12-17-6-8-18(26-5)9-7-17)27-24(25)23(22)20-11-14(2)29-16(20)4/h6-12H,1-5H3. The fourth-order valence-electron chi connectivity index (χ4n) is 3.65. The van der Waals surface area contributed by atoms with Gasteiger partial charge in [-0.05, 0) is 63.6 Å². The van der Waals surface area contributed by atoms with Crippen LogP contribution in [0.15, 0.2) is 42.2 Å². The zero-order valence-corrected chi connectivity index (χ0v) is 18.7. The molecule has 4 rings (SSSR count). The molecule has 3 aromatic rings. The molecule has 3 heterocycles. The Morgan fingerprint density at radius 1 is 0.862 bits per heavy atom. The Bertz CT molecular complexity index is 1160. The van der Waals surface area contributed by atoms with Crippen molar-refractivity contribution in [3.05, 3.63) is 78.4 Å². The lowest BCUT2D eigenvalue weighted by atomic mass is 9.94. The van der Waals surface area contributed by atoms with E-state index in [2.05, 4.69) is 39.8 Å². The molecule has 0 radical (unpaired) electrons. The van der Waals surface area contributed by atoms with Crippen LogP contribution in [0.2, 0.25) is 0 Å². The van der Waals surface area contributed by atoms with E-state index < -0.39 is 0 Å². The van der Waals surface area contributed by atoms with E-state index in [-0.39, 0.29) is 5.97 Å². The maximum atomic E-state index is 13.0. The molecule has 0 unspecified atom stereocenters. The molecule has 1 aromatic carbocycles. The van der Waals surface area contributed by atoms with Gasteiger partial charge in [-0.3, -0.25) is 0 Å². The lowest BCUT2D eigenvalue weighted by Gasteiger charge is -2.06. The molecule has 5 heteroatoms. The highest BCUT2D eigenvalue weighted by atomic mass is 32.1. The van der Waals surface area contributed by atoms with Gasteiger partial charge in [-0.1, -0.05) is 12.1 Å². The number of carbonyl (C=O) groups excluding carboxylic acids is 1. The number of thiophene rings is 2. The second-order valence-electron chi connectivity index (χ2n) is 7.08. The highest BCUT2D eigenvalue weighted by molar-refractivity contribution is 7.12. The van der Waals surface area contributed by atoms with E-state index in [0.717, 1.165) is 32.9 Å². The molecule has 1 aliphatic heterocycles. The second kappa shape index (κ2) is 7.65. The first-order valence-electron chi connectivity index (χ1n) is 9.34. The largest absolute Gasteiger partial charge is 0.497 e. The number of methoxy groups -OCH3 is 1. The number of rotatable bonds is 4.